The smallest absolute Gasteiger partial charge is 0.255 e. The molecule has 3 rings (SSSR count). The van der Waals surface area contributed by atoms with Gasteiger partial charge >= 0.3 is 0 Å². The number of ether oxygens (including phenoxy) is 3. The van der Waals surface area contributed by atoms with E-state index in [9.17, 15) is 9.90 Å². The highest BCUT2D eigenvalue weighted by Crippen LogP contribution is 2.41. The zero-order valence-electron chi connectivity index (χ0n) is 13.8. The number of piperidine rings is 1. The molecule has 1 aromatic carbocycles. The second kappa shape index (κ2) is 7.72. The minimum Gasteiger partial charge on any atom is -0.493 e. The summed E-state index contributed by atoms with van der Waals surface area (Å²) >= 11 is 0. The molecule has 2 atom stereocenters. The van der Waals surface area contributed by atoms with Gasteiger partial charge in [-0.05, 0) is 25.1 Å². The number of hydrogen-bond donors (Lipinski definition) is 3. The summed E-state index contributed by atoms with van der Waals surface area (Å²) in [4.78, 5) is 12.6. The van der Waals surface area contributed by atoms with Crippen LogP contribution in [-0.4, -0.2) is 57.1 Å². The monoisotopic (exact) mass is 336 g/mol. The maximum atomic E-state index is 12.6. The molecule has 2 aliphatic rings. The number of β-amino-alcohol motifs (C(OH)–C–C–N with tert-alkyl or cyclic N) is 1. The SMILES string of the molecule is COc1ccc(C(=O)NCC2CCNCC2O)c2c1OCCCO2. The van der Waals surface area contributed by atoms with Crippen LogP contribution < -0.4 is 24.8 Å². The van der Waals surface area contributed by atoms with E-state index in [1.807, 2.05) is 0 Å². The van der Waals surface area contributed by atoms with Crippen LogP contribution in [0.15, 0.2) is 12.1 Å². The van der Waals surface area contributed by atoms with Crippen LogP contribution in [0.3, 0.4) is 0 Å². The second-order valence-electron chi connectivity index (χ2n) is 6.05. The van der Waals surface area contributed by atoms with Crippen molar-refractivity contribution in [2.75, 3.05) is 40.0 Å². The van der Waals surface area contributed by atoms with Gasteiger partial charge in [0.15, 0.2) is 11.5 Å². The normalized spacial score (nSPS) is 23.2. The highest BCUT2D eigenvalue weighted by Gasteiger charge is 2.26. The molecule has 1 fully saturated rings. The summed E-state index contributed by atoms with van der Waals surface area (Å²) in [5, 5.41) is 16.0. The quantitative estimate of drug-likeness (QED) is 0.744. The maximum Gasteiger partial charge on any atom is 0.255 e. The van der Waals surface area contributed by atoms with Gasteiger partial charge in [-0.3, -0.25) is 4.79 Å². The average Bonchev–Trinajstić information content (AvgIpc) is 2.86. The van der Waals surface area contributed by atoms with Crippen LogP contribution in [0.5, 0.6) is 17.2 Å². The molecular weight excluding hydrogens is 312 g/mol. The van der Waals surface area contributed by atoms with E-state index in [0.717, 1.165) is 19.4 Å². The van der Waals surface area contributed by atoms with Crippen LogP contribution in [0, 0.1) is 5.92 Å². The predicted molar refractivity (Wildman–Crippen MR) is 87.9 cm³/mol. The van der Waals surface area contributed by atoms with Crippen LogP contribution in [0.1, 0.15) is 23.2 Å². The van der Waals surface area contributed by atoms with Gasteiger partial charge < -0.3 is 30.0 Å². The summed E-state index contributed by atoms with van der Waals surface area (Å²) in [6, 6.07) is 3.39. The lowest BCUT2D eigenvalue weighted by molar-refractivity contribution is 0.0752. The number of aliphatic hydroxyl groups is 1. The molecule has 7 heteroatoms. The third kappa shape index (κ3) is 3.57. The zero-order chi connectivity index (χ0) is 16.9. The standard InChI is InChI=1S/C17H24N2O5/c1-22-14-4-3-12(15-16(14)24-8-2-7-23-15)17(21)19-9-11-5-6-18-10-13(11)20/h3-4,11,13,18,20H,2,5-10H2,1H3,(H,19,21). The van der Waals surface area contributed by atoms with Crippen LogP contribution in [0.4, 0.5) is 0 Å². The number of methoxy groups -OCH3 is 1. The molecule has 2 unspecified atom stereocenters. The van der Waals surface area contributed by atoms with Crippen molar-refractivity contribution >= 4 is 5.91 Å². The summed E-state index contributed by atoms with van der Waals surface area (Å²) in [5.41, 5.74) is 0.427. The Labute approximate surface area is 141 Å². The molecule has 132 valence electrons. The topological polar surface area (TPSA) is 89.1 Å². The number of aliphatic hydroxyl groups excluding tert-OH is 1. The molecule has 0 radical (unpaired) electrons. The minimum absolute atomic E-state index is 0.0595. The third-order valence-electron chi connectivity index (χ3n) is 4.44. The largest absolute Gasteiger partial charge is 0.493 e. The zero-order valence-corrected chi connectivity index (χ0v) is 13.8. The highest BCUT2D eigenvalue weighted by molar-refractivity contribution is 5.98. The number of nitrogens with one attached hydrogen (secondary N) is 2. The molecule has 2 heterocycles. The lowest BCUT2D eigenvalue weighted by atomic mass is 9.95. The van der Waals surface area contributed by atoms with E-state index in [1.165, 1.54) is 0 Å². The Morgan fingerprint density at radius 3 is 2.92 bits per heavy atom. The van der Waals surface area contributed by atoms with Crippen molar-refractivity contribution in [1.29, 1.82) is 0 Å². The van der Waals surface area contributed by atoms with Gasteiger partial charge in [0.25, 0.3) is 5.91 Å². The number of fused-ring (bicyclic) bond motifs is 1. The van der Waals surface area contributed by atoms with Crippen LogP contribution >= 0.6 is 0 Å². The van der Waals surface area contributed by atoms with E-state index >= 15 is 0 Å². The second-order valence-corrected chi connectivity index (χ2v) is 6.05. The fourth-order valence-corrected chi connectivity index (χ4v) is 3.03. The lowest BCUT2D eigenvalue weighted by Crippen LogP contribution is -2.45. The molecule has 24 heavy (non-hydrogen) atoms. The first-order valence-electron chi connectivity index (χ1n) is 8.34. The molecule has 3 N–H and O–H groups in total. The number of rotatable bonds is 4. The molecule has 0 saturated carbocycles. The van der Waals surface area contributed by atoms with Gasteiger partial charge in [-0.15, -0.1) is 0 Å². The summed E-state index contributed by atoms with van der Waals surface area (Å²) in [5.74, 6) is 1.28. The maximum absolute atomic E-state index is 12.6. The van der Waals surface area contributed by atoms with E-state index in [1.54, 1.807) is 19.2 Å². The number of amides is 1. The minimum atomic E-state index is -0.438. The Balaban J connectivity index is 1.74. The fourth-order valence-electron chi connectivity index (χ4n) is 3.03. The van der Waals surface area contributed by atoms with E-state index < -0.39 is 6.10 Å². The fraction of sp³-hybridized carbons (Fsp3) is 0.588. The van der Waals surface area contributed by atoms with Gasteiger partial charge in [-0.25, -0.2) is 0 Å². The van der Waals surface area contributed by atoms with Gasteiger partial charge in [-0.2, -0.15) is 0 Å². The Hall–Kier alpha value is -1.99. The molecule has 7 nitrogen and oxygen atoms in total. The molecular formula is C17H24N2O5. The summed E-state index contributed by atoms with van der Waals surface area (Å²) in [6.45, 7) is 2.87. The first-order valence-corrected chi connectivity index (χ1v) is 8.34. The third-order valence-corrected chi connectivity index (χ3v) is 4.44. The molecule has 0 bridgehead atoms. The molecule has 0 aliphatic carbocycles. The van der Waals surface area contributed by atoms with Crippen molar-refractivity contribution in [3.8, 4) is 17.2 Å². The number of carbonyl (C=O) groups is 1. The molecule has 1 aromatic rings. The number of benzene rings is 1. The predicted octanol–water partition coefficient (Wildman–Crippen LogP) is 0.557. The van der Waals surface area contributed by atoms with Crippen molar-refractivity contribution in [2.45, 2.75) is 18.9 Å². The Bertz CT molecular complexity index is 593. The van der Waals surface area contributed by atoms with Gasteiger partial charge in [0.05, 0.1) is 32.0 Å². The molecule has 0 aromatic heterocycles. The van der Waals surface area contributed by atoms with Gasteiger partial charge in [-0.1, -0.05) is 0 Å². The first-order chi connectivity index (χ1) is 11.7. The van der Waals surface area contributed by atoms with Crippen molar-refractivity contribution in [3.05, 3.63) is 17.7 Å². The number of carbonyl (C=O) groups excluding carboxylic acids is 1. The van der Waals surface area contributed by atoms with Crippen molar-refractivity contribution in [1.82, 2.24) is 10.6 Å². The lowest BCUT2D eigenvalue weighted by Gasteiger charge is -2.28. The van der Waals surface area contributed by atoms with Gasteiger partial charge in [0, 0.05) is 25.4 Å². The van der Waals surface area contributed by atoms with Gasteiger partial charge in [0.2, 0.25) is 5.75 Å². The van der Waals surface area contributed by atoms with Crippen LogP contribution in [0.2, 0.25) is 0 Å². The van der Waals surface area contributed by atoms with Crippen molar-refractivity contribution in [3.63, 3.8) is 0 Å². The molecule has 2 aliphatic heterocycles. The van der Waals surface area contributed by atoms with Crippen molar-refractivity contribution < 1.29 is 24.1 Å². The molecule has 1 amide bonds. The highest BCUT2D eigenvalue weighted by atomic mass is 16.5. The van der Waals surface area contributed by atoms with Crippen LogP contribution in [-0.2, 0) is 0 Å². The Kier molecular flexibility index (Phi) is 5.42. The van der Waals surface area contributed by atoms with E-state index in [2.05, 4.69) is 10.6 Å². The van der Waals surface area contributed by atoms with E-state index in [-0.39, 0.29) is 11.8 Å². The molecule has 1 saturated heterocycles. The van der Waals surface area contributed by atoms with Crippen LogP contribution in [0.25, 0.3) is 0 Å². The Morgan fingerprint density at radius 1 is 1.38 bits per heavy atom. The summed E-state index contributed by atoms with van der Waals surface area (Å²) in [7, 11) is 1.56. The number of hydrogen-bond acceptors (Lipinski definition) is 6. The van der Waals surface area contributed by atoms with E-state index in [0.29, 0.717) is 49.1 Å². The first kappa shape index (κ1) is 16.9. The Morgan fingerprint density at radius 2 is 2.17 bits per heavy atom. The molecule has 0 spiro atoms. The van der Waals surface area contributed by atoms with Crippen molar-refractivity contribution in [2.24, 2.45) is 5.92 Å². The average molecular weight is 336 g/mol. The summed E-state index contributed by atoms with van der Waals surface area (Å²) in [6.07, 6.45) is 1.15. The van der Waals surface area contributed by atoms with Gasteiger partial charge in [0.1, 0.15) is 0 Å². The summed E-state index contributed by atoms with van der Waals surface area (Å²) < 4.78 is 16.7. The van der Waals surface area contributed by atoms with E-state index in [4.69, 9.17) is 14.2 Å².